The van der Waals surface area contributed by atoms with Gasteiger partial charge in [-0.3, -0.25) is 0 Å². The van der Waals surface area contributed by atoms with Crippen molar-refractivity contribution >= 4 is 29.1 Å². The van der Waals surface area contributed by atoms with Crippen molar-refractivity contribution in [2.75, 3.05) is 0 Å². The van der Waals surface area contributed by atoms with Crippen molar-refractivity contribution in [2.24, 2.45) is 4.99 Å². The molecule has 0 aliphatic carbocycles. The quantitative estimate of drug-likeness (QED) is 0.301. The van der Waals surface area contributed by atoms with Crippen molar-refractivity contribution in [3.05, 3.63) is 60.2 Å². The molecule has 0 bridgehead atoms. The fourth-order valence-electron chi connectivity index (χ4n) is 1.58. The molecule has 0 aliphatic heterocycles. The first-order valence-electron chi connectivity index (χ1n) is 5.53. The number of benzene rings is 2. The summed E-state index contributed by atoms with van der Waals surface area (Å²) < 4.78 is 26.3. The summed E-state index contributed by atoms with van der Waals surface area (Å²) in [5.41, 5.74) is 0.263. The number of hydrogen-bond acceptors (Lipinski definition) is 5. The monoisotopic (exact) mass is 340 g/mol. The Bertz CT molecular complexity index is 725. The van der Waals surface area contributed by atoms with Crippen LogP contribution in [0.15, 0.2) is 59.6 Å². The van der Waals surface area contributed by atoms with Gasteiger partial charge < -0.3 is 0 Å². The molecule has 0 spiro atoms. The van der Waals surface area contributed by atoms with E-state index in [4.69, 9.17) is 5.26 Å². The number of para-hydroxylation sites is 1. The number of rotatable bonds is 4. The standard InChI is InChI=1S/C13H10NO5Se/c15-13(14-10-6-2-1-3-7-10)11-8-4-5-9-12(11)20(17,18)19-16/h1-9,16H. The maximum atomic E-state index is 12.0. The number of hydrogen-bond donors (Lipinski definition) is 1. The van der Waals surface area contributed by atoms with Crippen LogP contribution in [0.1, 0.15) is 5.56 Å². The maximum absolute atomic E-state index is 12.0. The molecule has 1 N–H and O–H groups in total. The Hall–Kier alpha value is -2.05. The van der Waals surface area contributed by atoms with Crippen molar-refractivity contribution in [3.8, 4) is 0 Å². The number of nitrogens with zero attached hydrogens (tertiary/aromatic N) is 1. The molecule has 0 atom stereocenters. The van der Waals surface area contributed by atoms with Crippen LogP contribution in [0.4, 0.5) is 5.69 Å². The molecule has 7 heteroatoms. The molecule has 2 aromatic carbocycles. The first kappa shape index (κ1) is 14.4. The van der Waals surface area contributed by atoms with Gasteiger partial charge in [-0.05, 0) is 0 Å². The van der Waals surface area contributed by atoms with E-state index in [-0.39, 0.29) is 10.0 Å². The van der Waals surface area contributed by atoms with Crippen LogP contribution in [-0.2, 0) is 16.7 Å². The minimum atomic E-state index is -5.19. The van der Waals surface area contributed by atoms with Crippen LogP contribution >= 0.6 is 0 Å². The van der Waals surface area contributed by atoms with Crippen molar-refractivity contribution in [1.29, 1.82) is 0 Å². The van der Waals surface area contributed by atoms with E-state index >= 15 is 0 Å². The van der Waals surface area contributed by atoms with Crippen LogP contribution in [0.3, 0.4) is 0 Å². The topological polar surface area (TPSA) is 95.9 Å². The first-order valence-corrected chi connectivity index (χ1v) is 8.48. The Morgan fingerprint density at radius 1 is 1.00 bits per heavy atom. The predicted molar refractivity (Wildman–Crippen MR) is 70.2 cm³/mol. The third kappa shape index (κ3) is 3.09. The third-order valence-electron chi connectivity index (χ3n) is 2.47. The average Bonchev–Trinajstić information content (AvgIpc) is 2.48. The van der Waals surface area contributed by atoms with Crippen LogP contribution in [-0.4, -0.2) is 24.2 Å². The van der Waals surface area contributed by atoms with Gasteiger partial charge in [0.1, 0.15) is 0 Å². The van der Waals surface area contributed by atoms with Crippen LogP contribution in [0.5, 0.6) is 0 Å². The molecule has 0 saturated carbocycles. The summed E-state index contributed by atoms with van der Waals surface area (Å²) in [5.74, 6) is -0.725. The van der Waals surface area contributed by atoms with Gasteiger partial charge in [0.15, 0.2) is 0 Å². The van der Waals surface area contributed by atoms with E-state index in [0.717, 1.165) is 0 Å². The van der Waals surface area contributed by atoms with Crippen LogP contribution < -0.4 is 4.46 Å². The van der Waals surface area contributed by atoms with E-state index in [1.165, 1.54) is 24.3 Å². The fourth-order valence-corrected chi connectivity index (χ4v) is 3.16. The van der Waals surface area contributed by atoms with Gasteiger partial charge in [0, 0.05) is 0 Å². The van der Waals surface area contributed by atoms with E-state index < -0.39 is 18.9 Å². The van der Waals surface area contributed by atoms with E-state index in [2.05, 4.69) is 8.96 Å². The van der Waals surface area contributed by atoms with Gasteiger partial charge in [-0.15, -0.1) is 0 Å². The molecule has 0 aromatic heterocycles. The van der Waals surface area contributed by atoms with Crippen molar-refractivity contribution in [3.63, 3.8) is 0 Å². The van der Waals surface area contributed by atoms with Gasteiger partial charge in [-0.25, -0.2) is 0 Å². The molecular formula is C13H10NO5Se. The predicted octanol–water partition coefficient (Wildman–Crippen LogP) is 1.69. The van der Waals surface area contributed by atoms with Crippen molar-refractivity contribution in [1.82, 2.24) is 0 Å². The minimum absolute atomic E-state index is 0.143. The van der Waals surface area contributed by atoms with Gasteiger partial charge in [0.2, 0.25) is 0 Å². The second-order valence-electron chi connectivity index (χ2n) is 3.78. The van der Waals surface area contributed by atoms with Gasteiger partial charge in [-0.1, -0.05) is 0 Å². The molecule has 0 heterocycles. The molecule has 0 amide bonds. The van der Waals surface area contributed by atoms with Crippen molar-refractivity contribution < 1.29 is 22.0 Å². The average molecular weight is 339 g/mol. The summed E-state index contributed by atoms with van der Waals surface area (Å²) in [7, 11) is 0. The Labute approximate surface area is 116 Å². The molecule has 0 aliphatic rings. The Morgan fingerprint density at radius 2 is 1.60 bits per heavy atom. The summed E-state index contributed by atoms with van der Waals surface area (Å²) in [6.07, 6.45) is 0. The van der Waals surface area contributed by atoms with E-state index in [9.17, 15) is 12.8 Å². The van der Waals surface area contributed by atoms with Gasteiger partial charge in [0.05, 0.1) is 0 Å². The number of aliphatic imine (C=N–C) groups is 1. The van der Waals surface area contributed by atoms with Gasteiger partial charge >= 0.3 is 116 Å². The molecule has 0 saturated heterocycles. The van der Waals surface area contributed by atoms with Crippen LogP contribution in [0.25, 0.3) is 0 Å². The SMILES string of the molecule is [O]C(=Nc1ccccc1)c1ccccc1[Se](=O)(=O)OO. The second kappa shape index (κ2) is 5.94. The zero-order valence-electron chi connectivity index (χ0n) is 10.1. The molecule has 1 radical (unpaired) electrons. The molecule has 2 aromatic rings. The Balaban J connectivity index is 2.51. The summed E-state index contributed by atoms with van der Waals surface area (Å²) in [4.78, 5) is 3.81. The molecule has 0 fully saturated rings. The normalized spacial score (nSPS) is 12.3. The van der Waals surface area contributed by atoms with Crippen LogP contribution in [0.2, 0.25) is 0 Å². The second-order valence-corrected chi connectivity index (χ2v) is 6.92. The van der Waals surface area contributed by atoms with Gasteiger partial charge in [0.25, 0.3) is 0 Å². The molecule has 103 valence electrons. The molecule has 2 rings (SSSR count). The van der Waals surface area contributed by atoms with Crippen LogP contribution in [0, 0.1) is 0 Å². The zero-order valence-corrected chi connectivity index (χ0v) is 11.8. The third-order valence-corrected chi connectivity index (χ3v) is 4.76. The zero-order chi connectivity index (χ0) is 14.6. The summed E-state index contributed by atoms with van der Waals surface area (Å²) in [6, 6.07) is 13.8. The van der Waals surface area contributed by atoms with E-state index in [1.54, 1.807) is 30.3 Å². The van der Waals surface area contributed by atoms with E-state index in [0.29, 0.717) is 5.69 Å². The molecule has 20 heavy (non-hydrogen) atoms. The van der Waals surface area contributed by atoms with Gasteiger partial charge in [-0.2, -0.15) is 0 Å². The first-order chi connectivity index (χ1) is 9.54. The Morgan fingerprint density at radius 3 is 2.25 bits per heavy atom. The molecular weight excluding hydrogens is 329 g/mol. The summed E-state index contributed by atoms with van der Waals surface area (Å²) in [6.45, 7) is 0. The fraction of sp³-hybridized carbons (Fsp3) is 0. The summed E-state index contributed by atoms with van der Waals surface area (Å²) >= 11 is -5.19. The van der Waals surface area contributed by atoms with E-state index in [1.807, 2.05) is 0 Å². The Kier molecular flexibility index (Phi) is 4.26. The summed E-state index contributed by atoms with van der Waals surface area (Å²) in [5, 5.41) is 20.5. The molecule has 0 unspecified atom stereocenters. The molecule has 6 nitrogen and oxygen atoms in total. The van der Waals surface area contributed by atoms with Crippen molar-refractivity contribution in [2.45, 2.75) is 0 Å².